The largest absolute Gasteiger partial charge is 0.313 e. The first-order valence-corrected chi connectivity index (χ1v) is 8.02. The molecule has 0 spiro atoms. The van der Waals surface area contributed by atoms with Gasteiger partial charge in [-0.1, -0.05) is 13.0 Å². The number of halogens is 1. The van der Waals surface area contributed by atoms with E-state index in [1.807, 2.05) is 6.92 Å². The monoisotopic (exact) mass is 286 g/mol. The van der Waals surface area contributed by atoms with Crippen LogP contribution in [0.25, 0.3) is 0 Å². The number of hydrogen-bond donors (Lipinski definition) is 2. The highest BCUT2D eigenvalue weighted by atomic mass is 32.2. The zero-order valence-electron chi connectivity index (χ0n) is 10.9. The van der Waals surface area contributed by atoms with Crippen LogP contribution in [0, 0.1) is 5.82 Å². The van der Waals surface area contributed by atoms with E-state index in [1.165, 1.54) is 12.1 Å². The summed E-state index contributed by atoms with van der Waals surface area (Å²) in [5, 5.41) is 3.15. The van der Waals surface area contributed by atoms with Crippen molar-refractivity contribution < 1.29 is 12.8 Å². The zero-order chi connectivity index (χ0) is 13.9. The Morgan fingerprint density at radius 1 is 1.37 bits per heavy atom. The Morgan fingerprint density at radius 3 is 2.68 bits per heavy atom. The highest BCUT2D eigenvalue weighted by Crippen LogP contribution is 2.23. The van der Waals surface area contributed by atoms with Gasteiger partial charge in [0.05, 0.1) is 0 Å². The van der Waals surface area contributed by atoms with Gasteiger partial charge in [0.15, 0.2) is 0 Å². The van der Waals surface area contributed by atoms with Crippen LogP contribution in [0.3, 0.4) is 0 Å². The molecular weight excluding hydrogens is 267 g/mol. The van der Waals surface area contributed by atoms with Gasteiger partial charge in [-0.15, -0.1) is 0 Å². The molecule has 1 aliphatic rings. The van der Waals surface area contributed by atoms with Crippen molar-refractivity contribution in [2.24, 2.45) is 0 Å². The number of hydrogen-bond acceptors (Lipinski definition) is 3. The van der Waals surface area contributed by atoms with Gasteiger partial charge < -0.3 is 5.32 Å². The molecule has 19 heavy (non-hydrogen) atoms. The van der Waals surface area contributed by atoms with Gasteiger partial charge >= 0.3 is 0 Å². The van der Waals surface area contributed by atoms with E-state index in [4.69, 9.17) is 0 Å². The van der Waals surface area contributed by atoms with Crippen LogP contribution in [-0.4, -0.2) is 21.0 Å². The van der Waals surface area contributed by atoms with Crippen LogP contribution in [0.1, 0.15) is 31.7 Å². The molecule has 6 heteroatoms. The molecule has 0 bridgehead atoms. The lowest BCUT2D eigenvalue weighted by Crippen LogP contribution is -2.26. The second kappa shape index (κ2) is 5.98. The van der Waals surface area contributed by atoms with Gasteiger partial charge in [0.1, 0.15) is 10.7 Å². The smallest absolute Gasteiger partial charge is 0.243 e. The number of sulfonamides is 1. The van der Waals surface area contributed by atoms with Gasteiger partial charge in [-0.2, -0.15) is 0 Å². The molecule has 1 aromatic rings. The van der Waals surface area contributed by atoms with Crippen LogP contribution in [-0.2, 0) is 16.6 Å². The Hall–Kier alpha value is -0.980. The van der Waals surface area contributed by atoms with E-state index in [0.29, 0.717) is 6.54 Å². The maximum Gasteiger partial charge on any atom is 0.243 e. The molecule has 1 aromatic carbocycles. The zero-order valence-corrected chi connectivity index (χ0v) is 11.8. The fourth-order valence-electron chi connectivity index (χ4n) is 1.77. The first-order chi connectivity index (χ1) is 9.03. The van der Waals surface area contributed by atoms with Gasteiger partial charge in [-0.25, -0.2) is 17.5 Å². The fourth-order valence-corrected chi connectivity index (χ4v) is 3.13. The van der Waals surface area contributed by atoms with Crippen molar-refractivity contribution in [3.8, 4) is 0 Å². The van der Waals surface area contributed by atoms with Gasteiger partial charge in [0, 0.05) is 12.6 Å². The molecule has 0 radical (unpaired) electrons. The molecule has 1 saturated carbocycles. The Balaban J connectivity index is 2.09. The summed E-state index contributed by atoms with van der Waals surface area (Å²) >= 11 is 0. The quantitative estimate of drug-likeness (QED) is 0.751. The van der Waals surface area contributed by atoms with Crippen molar-refractivity contribution in [2.45, 2.75) is 43.7 Å². The molecular formula is C13H19FN2O2S. The van der Waals surface area contributed by atoms with Crippen molar-refractivity contribution in [1.82, 2.24) is 10.0 Å². The van der Waals surface area contributed by atoms with Crippen molar-refractivity contribution >= 4 is 10.0 Å². The van der Waals surface area contributed by atoms with E-state index in [-0.39, 0.29) is 10.9 Å². The average molecular weight is 286 g/mol. The molecule has 0 aliphatic heterocycles. The van der Waals surface area contributed by atoms with Crippen molar-refractivity contribution in [3.63, 3.8) is 0 Å². The maximum atomic E-state index is 13.9. The van der Waals surface area contributed by atoms with E-state index in [0.717, 1.165) is 31.4 Å². The molecule has 0 aromatic heterocycles. The van der Waals surface area contributed by atoms with Gasteiger partial charge in [-0.05, 0) is 43.5 Å². The van der Waals surface area contributed by atoms with E-state index in [1.54, 1.807) is 6.07 Å². The Kier molecular flexibility index (Phi) is 4.54. The second-order valence-electron chi connectivity index (χ2n) is 4.84. The number of rotatable bonds is 7. The normalized spacial score (nSPS) is 15.7. The summed E-state index contributed by atoms with van der Waals surface area (Å²) in [5.74, 6) is -0.691. The molecule has 0 heterocycles. The molecule has 2 N–H and O–H groups in total. The summed E-state index contributed by atoms with van der Waals surface area (Å²) in [4.78, 5) is -0.265. The standard InChI is InChI=1S/C13H19FN2O2S/c1-2-7-15-9-10-3-6-13(12(14)8-10)19(17,18)16-11-4-5-11/h3,6,8,11,15-16H,2,4-5,7,9H2,1H3. The lowest BCUT2D eigenvalue weighted by Gasteiger charge is -2.09. The molecule has 4 nitrogen and oxygen atoms in total. The molecule has 0 amide bonds. The average Bonchev–Trinajstić information content (AvgIpc) is 3.12. The summed E-state index contributed by atoms with van der Waals surface area (Å²) in [7, 11) is -3.72. The van der Waals surface area contributed by atoms with E-state index in [9.17, 15) is 12.8 Å². The number of nitrogens with one attached hydrogen (secondary N) is 2. The SMILES string of the molecule is CCCNCc1ccc(S(=O)(=O)NC2CC2)c(F)c1. The summed E-state index contributed by atoms with van der Waals surface area (Å²) in [5.41, 5.74) is 0.747. The third-order valence-corrected chi connectivity index (χ3v) is 4.49. The van der Waals surface area contributed by atoms with Crippen LogP contribution in [0.2, 0.25) is 0 Å². The van der Waals surface area contributed by atoms with Crippen LogP contribution in [0.4, 0.5) is 4.39 Å². The molecule has 0 atom stereocenters. The lowest BCUT2D eigenvalue weighted by molar-refractivity contribution is 0.554. The van der Waals surface area contributed by atoms with Crippen molar-refractivity contribution in [2.75, 3.05) is 6.54 Å². The Bertz CT molecular complexity index is 542. The fraction of sp³-hybridized carbons (Fsp3) is 0.538. The summed E-state index contributed by atoms with van der Waals surface area (Å²) < 4.78 is 40.2. The maximum absolute atomic E-state index is 13.9. The Morgan fingerprint density at radius 2 is 2.11 bits per heavy atom. The predicted molar refractivity (Wildman–Crippen MR) is 71.7 cm³/mol. The van der Waals surface area contributed by atoms with Crippen molar-refractivity contribution in [1.29, 1.82) is 0 Å². The topological polar surface area (TPSA) is 58.2 Å². The van der Waals surface area contributed by atoms with Crippen LogP contribution in [0.5, 0.6) is 0 Å². The Labute approximate surface area is 113 Å². The summed E-state index contributed by atoms with van der Waals surface area (Å²) in [6.07, 6.45) is 2.67. The van der Waals surface area contributed by atoms with Gasteiger partial charge in [0.25, 0.3) is 0 Å². The summed E-state index contributed by atoms with van der Waals surface area (Å²) in [6, 6.07) is 4.25. The van der Waals surface area contributed by atoms with E-state index >= 15 is 0 Å². The minimum absolute atomic E-state index is 0.0182. The highest BCUT2D eigenvalue weighted by Gasteiger charge is 2.29. The molecule has 1 aliphatic carbocycles. The van der Waals surface area contributed by atoms with E-state index < -0.39 is 15.8 Å². The van der Waals surface area contributed by atoms with Crippen LogP contribution < -0.4 is 10.0 Å². The molecule has 106 valence electrons. The molecule has 0 saturated heterocycles. The molecule has 2 rings (SSSR count). The number of benzene rings is 1. The van der Waals surface area contributed by atoms with Crippen LogP contribution >= 0.6 is 0 Å². The molecule has 0 unspecified atom stereocenters. The minimum Gasteiger partial charge on any atom is -0.313 e. The van der Waals surface area contributed by atoms with E-state index in [2.05, 4.69) is 10.0 Å². The van der Waals surface area contributed by atoms with Crippen LogP contribution in [0.15, 0.2) is 23.1 Å². The summed E-state index contributed by atoms with van der Waals surface area (Å²) in [6.45, 7) is 3.44. The lowest BCUT2D eigenvalue weighted by atomic mass is 10.2. The highest BCUT2D eigenvalue weighted by molar-refractivity contribution is 7.89. The molecule has 1 fully saturated rings. The predicted octanol–water partition coefficient (Wildman–Crippen LogP) is 1.77. The van der Waals surface area contributed by atoms with Crippen molar-refractivity contribution in [3.05, 3.63) is 29.6 Å². The second-order valence-corrected chi connectivity index (χ2v) is 6.52. The minimum atomic E-state index is -3.72. The third kappa shape index (κ3) is 3.99. The van der Waals surface area contributed by atoms with Gasteiger partial charge in [-0.3, -0.25) is 0 Å². The first-order valence-electron chi connectivity index (χ1n) is 6.54. The first kappa shape index (κ1) is 14.4. The van der Waals surface area contributed by atoms with Gasteiger partial charge in [0.2, 0.25) is 10.0 Å². The third-order valence-electron chi connectivity index (χ3n) is 2.94.